The quantitative estimate of drug-likeness (QED) is 0.685. The van der Waals surface area contributed by atoms with E-state index in [0.717, 1.165) is 43.0 Å². The van der Waals surface area contributed by atoms with E-state index in [4.69, 9.17) is 0 Å². The summed E-state index contributed by atoms with van der Waals surface area (Å²) < 4.78 is 3.55. The maximum Gasteiger partial charge on any atom is 0.249 e. The second-order valence-electron chi connectivity index (χ2n) is 6.58. The van der Waals surface area contributed by atoms with E-state index in [-0.39, 0.29) is 5.91 Å². The Morgan fingerprint density at radius 2 is 2.19 bits per heavy atom. The molecule has 1 aliphatic heterocycles. The first-order chi connectivity index (χ1) is 13.2. The molecule has 1 amide bonds. The van der Waals surface area contributed by atoms with Gasteiger partial charge in [-0.15, -0.1) is 5.10 Å². The number of aryl methyl sites for hydroxylation is 2. The van der Waals surface area contributed by atoms with Gasteiger partial charge in [-0.1, -0.05) is 30.3 Å². The fraction of sp³-hybridized carbons (Fsp3) is 0.389. The number of fused-ring (bicyclic) bond motifs is 1. The van der Waals surface area contributed by atoms with Gasteiger partial charge in [-0.3, -0.25) is 9.48 Å². The fourth-order valence-electron chi connectivity index (χ4n) is 3.30. The van der Waals surface area contributed by atoms with E-state index >= 15 is 0 Å². The number of nitrogens with zero attached hydrogens (tertiary/aromatic N) is 6. The van der Waals surface area contributed by atoms with Gasteiger partial charge in [0.05, 0.1) is 17.9 Å². The second kappa shape index (κ2) is 7.67. The Morgan fingerprint density at radius 3 is 2.96 bits per heavy atom. The molecule has 4 rings (SSSR count). The summed E-state index contributed by atoms with van der Waals surface area (Å²) in [5.74, 6) is 0.414. The first-order valence-electron chi connectivity index (χ1n) is 9.06. The predicted molar refractivity (Wildman–Crippen MR) is 97.5 cm³/mol. The Bertz CT molecular complexity index is 893. The van der Waals surface area contributed by atoms with Crippen molar-refractivity contribution in [2.75, 3.05) is 6.54 Å². The number of rotatable bonds is 5. The summed E-state index contributed by atoms with van der Waals surface area (Å²) in [5, 5.41) is 22.6. The summed E-state index contributed by atoms with van der Waals surface area (Å²) in [6, 6.07) is 10.9. The topological polar surface area (TPSA) is 103 Å². The molecule has 9 heteroatoms. The summed E-state index contributed by atoms with van der Waals surface area (Å²) in [6.45, 7) is 4.84. The minimum absolute atomic E-state index is 0.169. The van der Waals surface area contributed by atoms with Crippen LogP contribution in [0.15, 0.2) is 36.4 Å². The molecule has 140 valence electrons. The van der Waals surface area contributed by atoms with Crippen molar-refractivity contribution in [3.63, 3.8) is 0 Å². The minimum Gasteiger partial charge on any atom is -0.348 e. The van der Waals surface area contributed by atoms with Crippen molar-refractivity contribution in [3.05, 3.63) is 59.2 Å². The zero-order valence-corrected chi connectivity index (χ0v) is 15.2. The molecule has 0 bridgehead atoms. The van der Waals surface area contributed by atoms with Gasteiger partial charge in [0.2, 0.25) is 5.91 Å². The molecule has 0 saturated carbocycles. The highest BCUT2D eigenvalue weighted by Gasteiger charge is 2.25. The molecule has 9 nitrogen and oxygen atoms in total. The van der Waals surface area contributed by atoms with Crippen LogP contribution in [-0.4, -0.2) is 42.4 Å². The molecular weight excluding hydrogens is 344 g/mol. The van der Waals surface area contributed by atoms with Crippen molar-refractivity contribution in [2.45, 2.75) is 39.0 Å². The molecule has 0 aliphatic carbocycles. The molecule has 27 heavy (non-hydrogen) atoms. The van der Waals surface area contributed by atoms with E-state index in [1.807, 2.05) is 41.1 Å². The lowest BCUT2D eigenvalue weighted by Gasteiger charge is -2.17. The van der Waals surface area contributed by atoms with Crippen molar-refractivity contribution in [2.24, 2.45) is 0 Å². The first kappa shape index (κ1) is 17.3. The number of amides is 1. The van der Waals surface area contributed by atoms with Crippen molar-refractivity contribution in [3.8, 4) is 0 Å². The van der Waals surface area contributed by atoms with E-state index < -0.39 is 6.04 Å². The molecular formula is C18H22N8O. The van der Waals surface area contributed by atoms with E-state index in [2.05, 4.69) is 31.3 Å². The maximum absolute atomic E-state index is 13.0. The van der Waals surface area contributed by atoms with E-state index in [1.165, 1.54) is 4.68 Å². The monoisotopic (exact) mass is 366 g/mol. The Kier molecular flexibility index (Phi) is 4.93. The highest BCUT2D eigenvalue weighted by atomic mass is 16.2. The fourth-order valence-corrected chi connectivity index (χ4v) is 3.30. The van der Waals surface area contributed by atoms with Gasteiger partial charge >= 0.3 is 0 Å². The number of carbonyl (C=O) groups is 1. The molecule has 1 atom stereocenters. The molecule has 0 spiro atoms. The van der Waals surface area contributed by atoms with Crippen LogP contribution in [0, 0.1) is 6.92 Å². The largest absolute Gasteiger partial charge is 0.348 e. The molecule has 3 aromatic rings. The highest BCUT2D eigenvalue weighted by Crippen LogP contribution is 2.18. The van der Waals surface area contributed by atoms with Crippen LogP contribution in [0.5, 0.6) is 0 Å². The molecule has 0 saturated heterocycles. The molecule has 0 fully saturated rings. The smallest absolute Gasteiger partial charge is 0.249 e. The molecule has 2 aromatic heterocycles. The summed E-state index contributed by atoms with van der Waals surface area (Å²) in [7, 11) is 0. The van der Waals surface area contributed by atoms with Gasteiger partial charge in [0.1, 0.15) is 5.82 Å². The van der Waals surface area contributed by atoms with Gasteiger partial charge in [-0.2, -0.15) is 5.10 Å². The third kappa shape index (κ3) is 3.72. The van der Waals surface area contributed by atoms with Gasteiger partial charge in [0, 0.05) is 13.1 Å². The van der Waals surface area contributed by atoms with Crippen molar-refractivity contribution in [1.29, 1.82) is 0 Å². The summed E-state index contributed by atoms with van der Waals surface area (Å²) in [6.07, 6.45) is 1.05. The first-order valence-corrected chi connectivity index (χ1v) is 9.06. The number of benzene rings is 1. The number of carbonyl (C=O) groups excluding carboxylic acids is 1. The lowest BCUT2D eigenvalue weighted by Crippen LogP contribution is -2.34. The van der Waals surface area contributed by atoms with Crippen LogP contribution < -0.4 is 10.6 Å². The van der Waals surface area contributed by atoms with Crippen LogP contribution in [-0.2, 0) is 24.4 Å². The molecule has 0 radical (unpaired) electrons. The van der Waals surface area contributed by atoms with Gasteiger partial charge < -0.3 is 10.6 Å². The molecule has 1 aromatic carbocycles. The lowest BCUT2D eigenvalue weighted by atomic mass is 10.1. The number of aromatic nitrogens is 6. The normalized spacial score (nSPS) is 15.0. The average molecular weight is 366 g/mol. The Morgan fingerprint density at radius 1 is 1.33 bits per heavy atom. The summed E-state index contributed by atoms with van der Waals surface area (Å²) in [4.78, 5) is 13.0. The van der Waals surface area contributed by atoms with Crippen molar-refractivity contribution >= 4 is 5.91 Å². The highest BCUT2D eigenvalue weighted by molar-refractivity contribution is 5.83. The maximum atomic E-state index is 13.0. The van der Waals surface area contributed by atoms with E-state index in [9.17, 15) is 4.79 Å². The third-order valence-corrected chi connectivity index (χ3v) is 4.65. The summed E-state index contributed by atoms with van der Waals surface area (Å²) >= 11 is 0. The molecule has 3 heterocycles. The predicted octanol–water partition coefficient (Wildman–Crippen LogP) is 0.577. The number of nitrogens with one attached hydrogen (secondary N) is 2. The zero-order valence-electron chi connectivity index (χ0n) is 15.2. The van der Waals surface area contributed by atoms with Crippen LogP contribution in [0.3, 0.4) is 0 Å². The lowest BCUT2D eigenvalue weighted by molar-refractivity contribution is -0.123. The van der Waals surface area contributed by atoms with Crippen molar-refractivity contribution < 1.29 is 4.79 Å². The van der Waals surface area contributed by atoms with Crippen LogP contribution in [0.25, 0.3) is 0 Å². The minimum atomic E-state index is -0.622. The van der Waals surface area contributed by atoms with E-state index in [0.29, 0.717) is 12.4 Å². The molecule has 2 N–H and O–H groups in total. The van der Waals surface area contributed by atoms with Gasteiger partial charge in [0.25, 0.3) is 0 Å². The number of hydrogen-bond donors (Lipinski definition) is 2. The second-order valence-corrected chi connectivity index (χ2v) is 6.58. The average Bonchev–Trinajstić information content (AvgIpc) is 3.21. The number of hydrogen-bond acceptors (Lipinski definition) is 6. The standard InChI is InChI=1S/C18H22N8O/c1-13-21-23-24-26(13)17(14-6-3-2-4-7-14)18(27)20-11-15-10-16-12-19-8-5-9-25(16)22-15/h2-4,6-7,10,17,19H,5,8-9,11-12H2,1H3,(H,20,27). The van der Waals surface area contributed by atoms with Gasteiger partial charge in [0.15, 0.2) is 6.04 Å². The molecule has 1 aliphatic rings. The van der Waals surface area contributed by atoms with E-state index in [1.54, 1.807) is 6.92 Å². The summed E-state index contributed by atoms with van der Waals surface area (Å²) in [5.41, 5.74) is 2.82. The number of tetrazole rings is 1. The third-order valence-electron chi connectivity index (χ3n) is 4.65. The van der Waals surface area contributed by atoms with Crippen LogP contribution in [0.4, 0.5) is 0 Å². The van der Waals surface area contributed by atoms with Gasteiger partial charge in [-0.25, -0.2) is 4.68 Å². The SMILES string of the molecule is Cc1nnnn1C(C(=O)NCc1cc2n(n1)CCCNC2)c1ccccc1. The van der Waals surface area contributed by atoms with Crippen LogP contribution in [0.2, 0.25) is 0 Å². The Hall–Kier alpha value is -3.07. The molecule has 1 unspecified atom stereocenters. The zero-order chi connectivity index (χ0) is 18.6. The van der Waals surface area contributed by atoms with Crippen LogP contribution >= 0.6 is 0 Å². The van der Waals surface area contributed by atoms with Crippen molar-refractivity contribution in [1.82, 2.24) is 40.6 Å². The van der Waals surface area contributed by atoms with Gasteiger partial charge in [-0.05, 0) is 41.9 Å². The van der Waals surface area contributed by atoms with Crippen LogP contribution in [0.1, 0.15) is 35.2 Å². The Balaban J connectivity index is 1.52. The Labute approximate surface area is 156 Å².